The Morgan fingerprint density at radius 2 is 2.29 bits per heavy atom. The average molecular weight is 286 g/mol. The van der Waals surface area contributed by atoms with E-state index < -0.39 is 0 Å². The molecule has 112 valence electrons. The molecule has 0 radical (unpaired) electrons. The summed E-state index contributed by atoms with van der Waals surface area (Å²) in [7, 11) is 1.89. The van der Waals surface area contributed by atoms with Gasteiger partial charge in [-0.15, -0.1) is 0 Å². The number of amides is 1. The zero-order valence-corrected chi connectivity index (χ0v) is 12.5. The van der Waals surface area contributed by atoms with Crippen molar-refractivity contribution in [1.29, 1.82) is 0 Å². The van der Waals surface area contributed by atoms with Crippen LogP contribution in [0.3, 0.4) is 0 Å². The molecule has 1 aliphatic heterocycles. The number of nitrogens with zero attached hydrogens (tertiary/aromatic N) is 1. The number of fused-ring (bicyclic) bond motifs is 1. The Hall–Kier alpha value is -1.81. The van der Waals surface area contributed by atoms with Crippen LogP contribution in [0.5, 0.6) is 0 Å². The zero-order valence-electron chi connectivity index (χ0n) is 12.5. The van der Waals surface area contributed by atoms with Crippen molar-refractivity contribution in [2.75, 3.05) is 26.8 Å². The van der Waals surface area contributed by atoms with Crippen molar-refractivity contribution >= 4 is 16.8 Å². The number of aromatic amines is 1. The summed E-state index contributed by atoms with van der Waals surface area (Å²) in [6.07, 6.45) is 4.66. The first-order valence-corrected chi connectivity index (χ1v) is 7.61. The standard InChI is InChI=1S/C17H22N2O2/c1-19(11-13-5-4-8-21-12-13)17(20)9-14-10-18-16-7-3-2-6-15(14)16/h2-3,6-7,10,13,18H,4-5,8-9,11-12H2,1H3. The molecule has 2 heterocycles. The number of carbonyl (C=O) groups excluding carboxylic acids is 1. The third kappa shape index (κ3) is 3.27. The second kappa shape index (κ2) is 6.31. The molecule has 1 fully saturated rings. The van der Waals surface area contributed by atoms with Gasteiger partial charge in [-0.3, -0.25) is 4.79 Å². The molecule has 0 aliphatic carbocycles. The minimum Gasteiger partial charge on any atom is -0.381 e. The van der Waals surface area contributed by atoms with Gasteiger partial charge in [-0.2, -0.15) is 0 Å². The molecule has 0 bridgehead atoms. The Morgan fingerprint density at radius 1 is 1.43 bits per heavy atom. The first-order valence-electron chi connectivity index (χ1n) is 7.61. The molecule has 2 aromatic rings. The third-order valence-corrected chi connectivity index (χ3v) is 4.23. The lowest BCUT2D eigenvalue weighted by Crippen LogP contribution is -2.35. The predicted octanol–water partition coefficient (Wildman–Crippen LogP) is 2.60. The van der Waals surface area contributed by atoms with Gasteiger partial charge in [0.1, 0.15) is 0 Å². The highest BCUT2D eigenvalue weighted by Crippen LogP contribution is 2.19. The van der Waals surface area contributed by atoms with Crippen LogP contribution in [0.15, 0.2) is 30.5 Å². The van der Waals surface area contributed by atoms with E-state index in [9.17, 15) is 4.79 Å². The van der Waals surface area contributed by atoms with Gasteiger partial charge in [0.2, 0.25) is 5.91 Å². The van der Waals surface area contributed by atoms with Gasteiger partial charge in [-0.25, -0.2) is 0 Å². The lowest BCUT2D eigenvalue weighted by atomic mass is 10.0. The summed E-state index contributed by atoms with van der Waals surface area (Å²) in [5.41, 5.74) is 2.16. The quantitative estimate of drug-likeness (QED) is 0.939. The number of nitrogens with one attached hydrogen (secondary N) is 1. The number of likely N-dealkylation sites (N-methyl/N-ethyl adjacent to an activating group) is 1. The van der Waals surface area contributed by atoms with Gasteiger partial charge in [0, 0.05) is 37.3 Å². The number of para-hydroxylation sites is 1. The second-order valence-electron chi connectivity index (χ2n) is 5.89. The van der Waals surface area contributed by atoms with Crippen LogP contribution >= 0.6 is 0 Å². The summed E-state index contributed by atoms with van der Waals surface area (Å²) >= 11 is 0. The molecule has 4 heteroatoms. The van der Waals surface area contributed by atoms with E-state index in [0.717, 1.165) is 49.1 Å². The molecule has 0 spiro atoms. The normalized spacial score (nSPS) is 18.8. The number of H-pyrrole nitrogens is 1. The zero-order chi connectivity index (χ0) is 14.7. The summed E-state index contributed by atoms with van der Waals surface area (Å²) in [5, 5.41) is 1.14. The smallest absolute Gasteiger partial charge is 0.226 e. The molecule has 1 saturated heterocycles. The first kappa shape index (κ1) is 14.1. The Labute approximate surface area is 125 Å². The summed E-state index contributed by atoms with van der Waals surface area (Å²) in [4.78, 5) is 17.5. The fraction of sp³-hybridized carbons (Fsp3) is 0.471. The highest BCUT2D eigenvalue weighted by atomic mass is 16.5. The lowest BCUT2D eigenvalue weighted by molar-refractivity contribution is -0.130. The number of ether oxygens (including phenoxy) is 1. The van der Waals surface area contributed by atoms with Crippen molar-refractivity contribution < 1.29 is 9.53 Å². The second-order valence-corrected chi connectivity index (χ2v) is 5.89. The first-order chi connectivity index (χ1) is 10.2. The predicted molar refractivity (Wildman–Crippen MR) is 83.2 cm³/mol. The number of carbonyl (C=O) groups is 1. The SMILES string of the molecule is CN(CC1CCCOC1)C(=O)Cc1c[nH]c2ccccc12. The van der Waals surface area contributed by atoms with Gasteiger partial charge < -0.3 is 14.6 Å². The number of aromatic nitrogens is 1. The average Bonchev–Trinajstić information content (AvgIpc) is 2.91. The molecule has 0 saturated carbocycles. The van der Waals surface area contributed by atoms with Crippen molar-refractivity contribution in [2.45, 2.75) is 19.3 Å². The minimum absolute atomic E-state index is 0.172. The summed E-state index contributed by atoms with van der Waals surface area (Å²) in [5.74, 6) is 0.654. The largest absolute Gasteiger partial charge is 0.381 e. The van der Waals surface area contributed by atoms with Crippen LogP contribution in [0.4, 0.5) is 0 Å². The van der Waals surface area contributed by atoms with Crippen molar-refractivity contribution in [3.8, 4) is 0 Å². The van der Waals surface area contributed by atoms with E-state index in [0.29, 0.717) is 12.3 Å². The molecule has 1 aromatic heterocycles. The number of hydrogen-bond acceptors (Lipinski definition) is 2. The number of rotatable bonds is 4. The van der Waals surface area contributed by atoms with Crippen molar-refractivity contribution in [2.24, 2.45) is 5.92 Å². The molecule has 1 amide bonds. The van der Waals surface area contributed by atoms with Crippen molar-refractivity contribution in [3.05, 3.63) is 36.0 Å². The fourth-order valence-corrected chi connectivity index (χ4v) is 3.02. The van der Waals surface area contributed by atoms with E-state index in [1.807, 2.05) is 36.3 Å². The molecule has 4 nitrogen and oxygen atoms in total. The Bertz CT molecular complexity index is 614. The van der Waals surface area contributed by atoms with E-state index in [4.69, 9.17) is 4.74 Å². The highest BCUT2D eigenvalue weighted by molar-refractivity contribution is 5.88. The molecular weight excluding hydrogens is 264 g/mol. The highest BCUT2D eigenvalue weighted by Gasteiger charge is 2.19. The molecule has 1 aliphatic rings. The van der Waals surface area contributed by atoms with E-state index in [1.165, 1.54) is 0 Å². The minimum atomic E-state index is 0.172. The molecule has 1 unspecified atom stereocenters. The number of hydrogen-bond donors (Lipinski definition) is 1. The summed E-state index contributed by atoms with van der Waals surface area (Å²) < 4.78 is 5.48. The van der Waals surface area contributed by atoms with E-state index in [-0.39, 0.29) is 5.91 Å². The van der Waals surface area contributed by atoms with E-state index in [2.05, 4.69) is 11.1 Å². The van der Waals surface area contributed by atoms with Crippen LogP contribution in [0.1, 0.15) is 18.4 Å². The van der Waals surface area contributed by atoms with Gasteiger partial charge in [0.15, 0.2) is 0 Å². The van der Waals surface area contributed by atoms with Gasteiger partial charge in [0.25, 0.3) is 0 Å². The molecule has 3 rings (SSSR count). The maximum Gasteiger partial charge on any atom is 0.226 e. The summed E-state index contributed by atoms with van der Waals surface area (Å²) in [6.45, 7) is 2.44. The maximum atomic E-state index is 12.4. The Kier molecular flexibility index (Phi) is 4.25. The number of benzene rings is 1. The van der Waals surface area contributed by atoms with Crippen molar-refractivity contribution in [3.63, 3.8) is 0 Å². The molecular formula is C17H22N2O2. The van der Waals surface area contributed by atoms with E-state index >= 15 is 0 Å². The van der Waals surface area contributed by atoms with Gasteiger partial charge in [0.05, 0.1) is 13.0 Å². The van der Waals surface area contributed by atoms with Gasteiger partial charge in [-0.05, 0) is 30.4 Å². The molecule has 21 heavy (non-hydrogen) atoms. The lowest BCUT2D eigenvalue weighted by Gasteiger charge is -2.27. The fourth-order valence-electron chi connectivity index (χ4n) is 3.02. The van der Waals surface area contributed by atoms with Gasteiger partial charge >= 0.3 is 0 Å². The summed E-state index contributed by atoms with van der Waals surface area (Å²) in [6, 6.07) is 8.10. The van der Waals surface area contributed by atoms with Crippen LogP contribution in [-0.2, 0) is 16.0 Å². The van der Waals surface area contributed by atoms with Crippen LogP contribution in [0.25, 0.3) is 10.9 Å². The van der Waals surface area contributed by atoms with Crippen LogP contribution in [0, 0.1) is 5.92 Å². The van der Waals surface area contributed by atoms with Crippen molar-refractivity contribution in [1.82, 2.24) is 9.88 Å². The topological polar surface area (TPSA) is 45.3 Å². The monoisotopic (exact) mass is 286 g/mol. The van der Waals surface area contributed by atoms with E-state index in [1.54, 1.807) is 0 Å². The molecule has 1 N–H and O–H groups in total. The molecule has 1 atom stereocenters. The molecule has 1 aromatic carbocycles. The van der Waals surface area contributed by atoms with Crippen LogP contribution in [-0.4, -0.2) is 42.6 Å². The Balaban J connectivity index is 1.62. The van der Waals surface area contributed by atoms with Crippen LogP contribution < -0.4 is 0 Å². The Morgan fingerprint density at radius 3 is 3.10 bits per heavy atom. The maximum absolute atomic E-state index is 12.4. The van der Waals surface area contributed by atoms with Gasteiger partial charge in [-0.1, -0.05) is 18.2 Å². The van der Waals surface area contributed by atoms with Crippen LogP contribution in [0.2, 0.25) is 0 Å². The third-order valence-electron chi connectivity index (χ3n) is 4.23.